The number of allylic oxidation sites excluding steroid dienone is 7. The Bertz CT molecular complexity index is 474. The van der Waals surface area contributed by atoms with Crippen molar-refractivity contribution in [3.8, 4) is 0 Å². The zero-order valence-corrected chi connectivity index (χ0v) is 9.33. The SMILES string of the molecule is [CH]=CC(=O)C(=O)/C=C\C1=CC(C(F)(F)F)=CCC1.[HH].[H]. The van der Waals surface area contributed by atoms with E-state index in [0.717, 1.165) is 18.2 Å². The van der Waals surface area contributed by atoms with Crippen LogP contribution in [0.2, 0.25) is 0 Å². The molecule has 0 amide bonds. The van der Waals surface area contributed by atoms with Gasteiger partial charge >= 0.3 is 6.18 Å². The van der Waals surface area contributed by atoms with E-state index < -0.39 is 23.3 Å². The summed E-state index contributed by atoms with van der Waals surface area (Å²) in [5, 5.41) is 0. The topological polar surface area (TPSA) is 34.1 Å². The second-order valence-corrected chi connectivity index (χ2v) is 3.64. The van der Waals surface area contributed by atoms with Crippen LogP contribution in [0, 0.1) is 6.58 Å². The van der Waals surface area contributed by atoms with E-state index in [1.165, 1.54) is 6.08 Å². The summed E-state index contributed by atoms with van der Waals surface area (Å²) >= 11 is 0. The number of hydrogen-bond donors (Lipinski definition) is 0. The van der Waals surface area contributed by atoms with Crippen molar-refractivity contribution in [3.05, 3.63) is 48.1 Å². The van der Waals surface area contributed by atoms with Crippen LogP contribution in [0.3, 0.4) is 0 Å². The molecule has 0 heterocycles. The summed E-state index contributed by atoms with van der Waals surface area (Å²) in [6.45, 7) is 4.86. The van der Waals surface area contributed by atoms with E-state index in [1.807, 2.05) is 0 Å². The zero-order chi connectivity index (χ0) is 13.8. The molecule has 0 spiro atoms. The molecule has 1 aliphatic carbocycles. The van der Waals surface area contributed by atoms with Gasteiger partial charge in [-0.25, -0.2) is 0 Å². The molecule has 0 atom stereocenters. The highest BCUT2D eigenvalue weighted by molar-refractivity contribution is 6.45. The Labute approximate surface area is 105 Å². The number of rotatable bonds is 4. The Morgan fingerprint density at radius 3 is 2.61 bits per heavy atom. The van der Waals surface area contributed by atoms with Crippen LogP contribution in [0.25, 0.3) is 0 Å². The Kier molecular flexibility index (Phi) is 4.42. The van der Waals surface area contributed by atoms with Crippen molar-refractivity contribution in [3.63, 3.8) is 0 Å². The number of ketones is 2. The van der Waals surface area contributed by atoms with Crippen LogP contribution in [0.15, 0.2) is 41.5 Å². The van der Waals surface area contributed by atoms with Gasteiger partial charge in [0, 0.05) is 2.85 Å². The van der Waals surface area contributed by atoms with Gasteiger partial charge in [-0.05, 0) is 36.6 Å². The highest BCUT2D eigenvalue weighted by Crippen LogP contribution is 2.31. The van der Waals surface area contributed by atoms with Crippen LogP contribution in [-0.2, 0) is 9.59 Å². The summed E-state index contributed by atoms with van der Waals surface area (Å²) in [5.74, 6) is -1.75. The summed E-state index contributed by atoms with van der Waals surface area (Å²) in [7, 11) is 0. The molecule has 1 rings (SSSR count). The highest BCUT2D eigenvalue weighted by Gasteiger charge is 2.32. The van der Waals surface area contributed by atoms with Gasteiger partial charge in [0.25, 0.3) is 0 Å². The first kappa shape index (κ1) is 14.2. The molecule has 0 fully saturated rings. The molecule has 18 heavy (non-hydrogen) atoms. The maximum Gasteiger partial charge on any atom is 0.416 e. The quantitative estimate of drug-likeness (QED) is 0.573. The van der Waals surface area contributed by atoms with Crippen LogP contribution in [0.4, 0.5) is 13.2 Å². The molecule has 98 valence electrons. The van der Waals surface area contributed by atoms with Crippen molar-refractivity contribution in [1.29, 1.82) is 0 Å². The van der Waals surface area contributed by atoms with Crippen LogP contribution in [0.5, 0.6) is 0 Å². The third kappa shape index (κ3) is 3.84. The first-order valence-electron chi connectivity index (χ1n) is 5.14. The molecule has 2 radical (unpaired) electrons. The molecule has 0 saturated heterocycles. The summed E-state index contributed by atoms with van der Waals surface area (Å²) in [5.41, 5.74) is -0.388. The van der Waals surface area contributed by atoms with E-state index in [2.05, 4.69) is 0 Å². The molecule has 0 unspecified atom stereocenters. The number of carbonyl (C=O) groups excluding carboxylic acids is 2. The lowest BCUT2D eigenvalue weighted by Crippen LogP contribution is -2.12. The van der Waals surface area contributed by atoms with Gasteiger partial charge in [0.15, 0.2) is 0 Å². The summed E-state index contributed by atoms with van der Waals surface area (Å²) in [4.78, 5) is 21.9. The number of halogens is 3. The van der Waals surface area contributed by atoms with E-state index in [9.17, 15) is 22.8 Å². The standard InChI is InChI=1S/C13H10F3O2.H2.H/c1-2-11(17)12(18)7-6-9-4-3-5-10(8-9)13(14,15)16;;/h1-2,5-8H,3-4H2;1H;/b2-1?,7-6-;;. The molecule has 0 N–H and O–H groups in total. The van der Waals surface area contributed by atoms with Crippen LogP contribution in [-0.4, -0.2) is 17.7 Å². The number of alkyl halides is 3. The molecular formula is C13H13F3O2. The highest BCUT2D eigenvalue weighted by atomic mass is 19.4. The van der Waals surface area contributed by atoms with Gasteiger partial charge in [-0.2, -0.15) is 13.2 Å². The van der Waals surface area contributed by atoms with E-state index in [1.54, 1.807) is 0 Å². The average molecular weight is 258 g/mol. The van der Waals surface area contributed by atoms with Crippen molar-refractivity contribution in [2.24, 2.45) is 0 Å². The van der Waals surface area contributed by atoms with E-state index in [-0.39, 0.29) is 9.27 Å². The van der Waals surface area contributed by atoms with E-state index in [4.69, 9.17) is 6.58 Å². The Morgan fingerprint density at radius 2 is 2.06 bits per heavy atom. The molecule has 0 bridgehead atoms. The summed E-state index contributed by atoms with van der Waals surface area (Å²) < 4.78 is 37.3. The molecule has 5 heteroatoms. The molecule has 0 aromatic rings. The molecule has 0 aromatic carbocycles. The van der Waals surface area contributed by atoms with Gasteiger partial charge in [0.2, 0.25) is 11.6 Å². The maximum absolute atomic E-state index is 12.4. The molecule has 0 saturated carbocycles. The first-order valence-corrected chi connectivity index (χ1v) is 5.14. The Hall–Kier alpha value is -1.91. The van der Waals surface area contributed by atoms with Gasteiger partial charge in [-0.3, -0.25) is 9.59 Å². The second kappa shape index (κ2) is 5.62. The number of carbonyl (C=O) groups is 2. The fraction of sp³-hybridized carbons (Fsp3) is 0.231. The van der Waals surface area contributed by atoms with Crippen LogP contribution >= 0.6 is 0 Å². The molecule has 0 aromatic heterocycles. The van der Waals surface area contributed by atoms with Crippen molar-refractivity contribution in [1.82, 2.24) is 0 Å². The van der Waals surface area contributed by atoms with Gasteiger partial charge < -0.3 is 0 Å². The Morgan fingerprint density at radius 1 is 1.39 bits per heavy atom. The molecule has 2 nitrogen and oxygen atoms in total. The maximum atomic E-state index is 12.4. The first-order chi connectivity index (χ1) is 8.34. The third-order valence-corrected chi connectivity index (χ3v) is 2.31. The lowest BCUT2D eigenvalue weighted by molar-refractivity contribution is -0.130. The fourth-order valence-corrected chi connectivity index (χ4v) is 1.40. The lowest BCUT2D eigenvalue weighted by Gasteiger charge is -2.13. The van der Waals surface area contributed by atoms with E-state index in [0.29, 0.717) is 18.1 Å². The van der Waals surface area contributed by atoms with Gasteiger partial charge in [-0.15, -0.1) is 0 Å². The van der Waals surface area contributed by atoms with Gasteiger partial charge in [0.1, 0.15) is 0 Å². The predicted octanol–water partition coefficient (Wildman–Crippen LogP) is 3.24. The van der Waals surface area contributed by atoms with Crippen LogP contribution in [0.1, 0.15) is 15.7 Å². The number of hydrogen-bond acceptors (Lipinski definition) is 2. The lowest BCUT2D eigenvalue weighted by atomic mass is 9.98. The normalized spacial score (nSPS) is 16.2. The minimum Gasteiger partial charge on any atom is -0.286 e. The minimum atomic E-state index is -4.40. The molecular weight excluding hydrogens is 245 g/mol. The van der Waals surface area contributed by atoms with Crippen molar-refractivity contribution in [2.45, 2.75) is 19.0 Å². The van der Waals surface area contributed by atoms with Gasteiger partial charge in [-0.1, -0.05) is 18.7 Å². The van der Waals surface area contributed by atoms with Gasteiger partial charge in [0.05, 0.1) is 5.57 Å². The van der Waals surface area contributed by atoms with Crippen molar-refractivity contribution < 1.29 is 25.6 Å². The summed E-state index contributed by atoms with van der Waals surface area (Å²) in [6.07, 6.45) is 1.05. The predicted molar refractivity (Wildman–Crippen MR) is 62.7 cm³/mol. The zero-order valence-electron chi connectivity index (χ0n) is 10.3. The Balaban J connectivity index is 0. The average Bonchev–Trinajstić information content (AvgIpc) is 2.34. The fourth-order valence-electron chi connectivity index (χ4n) is 1.40. The monoisotopic (exact) mass is 258 g/mol. The smallest absolute Gasteiger partial charge is 0.286 e. The largest absolute Gasteiger partial charge is 0.416 e. The van der Waals surface area contributed by atoms with Crippen LogP contribution < -0.4 is 0 Å². The van der Waals surface area contributed by atoms with Crippen molar-refractivity contribution >= 4 is 11.6 Å². The third-order valence-electron chi connectivity index (χ3n) is 2.31. The summed E-state index contributed by atoms with van der Waals surface area (Å²) in [6, 6.07) is 0. The molecule has 0 aliphatic heterocycles. The second-order valence-electron chi connectivity index (χ2n) is 3.64. The minimum absolute atomic E-state index is 0. The van der Waals surface area contributed by atoms with Crippen molar-refractivity contribution in [2.75, 3.05) is 0 Å². The van der Waals surface area contributed by atoms with E-state index >= 15 is 0 Å². The molecule has 1 aliphatic rings.